The lowest BCUT2D eigenvalue weighted by molar-refractivity contribution is -0.154. The summed E-state index contributed by atoms with van der Waals surface area (Å²) in [7, 11) is 0. The van der Waals surface area contributed by atoms with Crippen LogP contribution >= 0.6 is 0 Å². The van der Waals surface area contributed by atoms with Crippen LogP contribution in [0.25, 0.3) is 22.3 Å². The highest BCUT2D eigenvalue weighted by Gasteiger charge is 2.26. The van der Waals surface area contributed by atoms with E-state index < -0.39 is 11.5 Å². The number of ether oxygens (including phenoxy) is 2. The normalized spacial score (nSPS) is 12.6. The third-order valence-corrected chi connectivity index (χ3v) is 5.59. The molecule has 0 aliphatic heterocycles. The van der Waals surface area contributed by atoms with Gasteiger partial charge in [0.15, 0.2) is 0 Å². The molecule has 1 aromatic heterocycles. The second kappa shape index (κ2) is 10.5. The number of esters is 1. The molecule has 166 valence electrons. The van der Waals surface area contributed by atoms with Crippen LogP contribution in [0.5, 0.6) is 5.75 Å². The summed E-state index contributed by atoms with van der Waals surface area (Å²) in [6.07, 6.45) is 2.26. The fraction of sp³-hybridized carbons (Fsp3) is 0.423. The topological polar surface area (TPSA) is 68.9 Å². The third kappa shape index (κ3) is 6.34. The maximum Gasteiger partial charge on any atom is 0.311 e. The molecule has 0 fully saturated rings. The number of rotatable bonds is 11. The van der Waals surface area contributed by atoms with Crippen LogP contribution in [0.1, 0.15) is 46.5 Å². The predicted octanol–water partition coefficient (Wildman–Crippen LogP) is 5.99. The molecule has 5 nitrogen and oxygen atoms in total. The van der Waals surface area contributed by atoms with E-state index in [4.69, 9.17) is 13.9 Å². The van der Waals surface area contributed by atoms with E-state index in [9.17, 15) is 9.90 Å². The van der Waals surface area contributed by atoms with Crippen LogP contribution in [0, 0.1) is 5.41 Å². The number of carbonyl (C=O) groups excluding carboxylic acids is 1. The van der Waals surface area contributed by atoms with Crippen molar-refractivity contribution in [2.24, 2.45) is 5.41 Å². The Bertz CT molecular complexity index is 974. The Hall–Kier alpha value is -2.79. The number of aliphatic hydroxyl groups is 1. The average Bonchev–Trinajstić information content (AvgIpc) is 3.21. The zero-order valence-electron chi connectivity index (χ0n) is 18.6. The Morgan fingerprint density at radius 1 is 1.10 bits per heavy atom. The number of furan rings is 1. The quantitative estimate of drug-likeness (QED) is 0.302. The van der Waals surface area contributed by atoms with Crippen molar-refractivity contribution in [2.45, 2.75) is 52.6 Å². The lowest BCUT2D eigenvalue weighted by Gasteiger charge is -2.20. The average molecular weight is 425 g/mol. The van der Waals surface area contributed by atoms with Crippen molar-refractivity contribution >= 4 is 16.9 Å². The van der Waals surface area contributed by atoms with E-state index in [2.05, 4.69) is 0 Å². The number of hydrogen-bond acceptors (Lipinski definition) is 5. The number of carbonyl (C=O) groups is 1. The molecule has 1 N–H and O–H groups in total. The molecule has 5 heteroatoms. The van der Waals surface area contributed by atoms with Crippen molar-refractivity contribution in [3.8, 4) is 17.1 Å². The van der Waals surface area contributed by atoms with E-state index in [1.54, 1.807) is 0 Å². The molecule has 0 bridgehead atoms. The van der Waals surface area contributed by atoms with Gasteiger partial charge in [0.1, 0.15) is 23.7 Å². The van der Waals surface area contributed by atoms with Gasteiger partial charge < -0.3 is 19.0 Å². The summed E-state index contributed by atoms with van der Waals surface area (Å²) in [6, 6.07) is 17.7. The molecule has 0 aliphatic rings. The second-order valence-electron chi connectivity index (χ2n) is 8.51. The maximum absolute atomic E-state index is 11.9. The molecule has 0 saturated carbocycles. The minimum absolute atomic E-state index is 0.164. The second-order valence-corrected chi connectivity index (χ2v) is 8.51. The molecule has 0 radical (unpaired) electrons. The Labute approximate surface area is 184 Å². The van der Waals surface area contributed by atoms with Crippen molar-refractivity contribution in [3.05, 3.63) is 54.6 Å². The summed E-state index contributed by atoms with van der Waals surface area (Å²) in [6.45, 7) is 6.34. The molecule has 1 unspecified atom stereocenters. The van der Waals surface area contributed by atoms with E-state index in [0.717, 1.165) is 41.6 Å². The van der Waals surface area contributed by atoms with Gasteiger partial charge in [0, 0.05) is 17.0 Å². The fourth-order valence-electron chi connectivity index (χ4n) is 3.11. The highest BCUT2D eigenvalue weighted by atomic mass is 16.5. The van der Waals surface area contributed by atoms with E-state index in [0.29, 0.717) is 18.8 Å². The summed E-state index contributed by atoms with van der Waals surface area (Å²) in [5, 5.41) is 11.2. The monoisotopic (exact) mass is 424 g/mol. The lowest BCUT2D eigenvalue weighted by Crippen LogP contribution is -2.26. The van der Waals surface area contributed by atoms with Crippen LogP contribution in [0.3, 0.4) is 0 Å². The Kier molecular flexibility index (Phi) is 7.75. The van der Waals surface area contributed by atoms with Crippen LogP contribution < -0.4 is 4.74 Å². The zero-order valence-corrected chi connectivity index (χ0v) is 18.6. The number of benzene rings is 2. The molecule has 0 amide bonds. The van der Waals surface area contributed by atoms with Crippen LogP contribution in [-0.4, -0.2) is 30.4 Å². The molecule has 31 heavy (non-hydrogen) atoms. The van der Waals surface area contributed by atoms with E-state index >= 15 is 0 Å². The largest absolute Gasteiger partial charge is 0.491 e. The number of unbranched alkanes of at least 4 members (excludes halogenated alkanes) is 1. The third-order valence-electron chi connectivity index (χ3n) is 5.59. The molecule has 1 heterocycles. The molecule has 0 saturated heterocycles. The molecule has 3 aromatic rings. The van der Waals surface area contributed by atoms with Gasteiger partial charge in [-0.15, -0.1) is 0 Å². The zero-order chi connectivity index (χ0) is 22.3. The van der Waals surface area contributed by atoms with Crippen LogP contribution in [0.15, 0.2) is 59.0 Å². The SMILES string of the molecule is CCC(C)(C)C(=O)OCCCCC(O)COc1ccc2cc(-c3ccccc3)oc2c1. The highest BCUT2D eigenvalue weighted by molar-refractivity contribution is 5.84. The van der Waals surface area contributed by atoms with Crippen LogP contribution in [0.2, 0.25) is 0 Å². The van der Waals surface area contributed by atoms with Crippen molar-refractivity contribution in [2.75, 3.05) is 13.2 Å². The summed E-state index contributed by atoms with van der Waals surface area (Å²) >= 11 is 0. The van der Waals surface area contributed by atoms with Crippen molar-refractivity contribution in [3.63, 3.8) is 0 Å². The highest BCUT2D eigenvalue weighted by Crippen LogP contribution is 2.30. The predicted molar refractivity (Wildman–Crippen MR) is 122 cm³/mol. The van der Waals surface area contributed by atoms with Gasteiger partial charge in [-0.2, -0.15) is 0 Å². The molecule has 2 aromatic carbocycles. The number of fused-ring (bicyclic) bond motifs is 1. The van der Waals surface area contributed by atoms with E-state index in [1.807, 2.05) is 75.4 Å². The van der Waals surface area contributed by atoms with Gasteiger partial charge in [0.05, 0.1) is 18.1 Å². The number of aliphatic hydroxyl groups excluding tert-OH is 1. The minimum atomic E-state index is -0.574. The van der Waals surface area contributed by atoms with Crippen molar-refractivity contribution in [1.29, 1.82) is 0 Å². The van der Waals surface area contributed by atoms with Crippen molar-refractivity contribution < 1.29 is 23.8 Å². The van der Waals surface area contributed by atoms with Gasteiger partial charge in [-0.3, -0.25) is 4.79 Å². The Morgan fingerprint density at radius 2 is 1.87 bits per heavy atom. The standard InChI is InChI=1S/C26H32O5/c1-4-26(2,3)25(28)29-15-9-8-12-21(27)18-30-22-14-13-20-16-23(31-24(20)17-22)19-10-6-5-7-11-19/h5-7,10-11,13-14,16-17,21,27H,4,8-9,12,15,18H2,1-3H3. The number of hydrogen-bond donors (Lipinski definition) is 1. The molecular weight excluding hydrogens is 392 g/mol. The van der Waals surface area contributed by atoms with Gasteiger partial charge in [0.2, 0.25) is 0 Å². The van der Waals surface area contributed by atoms with Gasteiger partial charge in [-0.05, 0) is 57.7 Å². The maximum atomic E-state index is 11.9. The Morgan fingerprint density at radius 3 is 2.61 bits per heavy atom. The van der Waals surface area contributed by atoms with Gasteiger partial charge >= 0.3 is 5.97 Å². The first-order valence-electron chi connectivity index (χ1n) is 11.0. The van der Waals surface area contributed by atoms with Crippen LogP contribution in [0.4, 0.5) is 0 Å². The molecule has 0 spiro atoms. The molecule has 3 rings (SSSR count). The summed E-state index contributed by atoms with van der Waals surface area (Å²) < 4.78 is 17.0. The van der Waals surface area contributed by atoms with Gasteiger partial charge in [0.25, 0.3) is 0 Å². The first-order valence-corrected chi connectivity index (χ1v) is 11.0. The van der Waals surface area contributed by atoms with Gasteiger partial charge in [-0.25, -0.2) is 0 Å². The fourth-order valence-corrected chi connectivity index (χ4v) is 3.11. The lowest BCUT2D eigenvalue weighted by atomic mass is 9.91. The van der Waals surface area contributed by atoms with Gasteiger partial charge in [-0.1, -0.05) is 37.3 Å². The van der Waals surface area contributed by atoms with Crippen molar-refractivity contribution in [1.82, 2.24) is 0 Å². The summed E-state index contributed by atoms with van der Waals surface area (Å²) in [4.78, 5) is 11.9. The first kappa shape index (κ1) is 22.9. The smallest absolute Gasteiger partial charge is 0.311 e. The molecule has 1 atom stereocenters. The van der Waals surface area contributed by atoms with Crippen LogP contribution in [-0.2, 0) is 9.53 Å². The minimum Gasteiger partial charge on any atom is -0.491 e. The first-order chi connectivity index (χ1) is 14.9. The van der Waals surface area contributed by atoms with E-state index in [-0.39, 0.29) is 12.6 Å². The summed E-state index contributed by atoms with van der Waals surface area (Å²) in [5.74, 6) is 1.31. The van der Waals surface area contributed by atoms with E-state index in [1.165, 1.54) is 0 Å². The molecule has 0 aliphatic carbocycles. The molecular formula is C26H32O5. The Balaban J connectivity index is 1.42. The summed E-state index contributed by atoms with van der Waals surface area (Å²) in [5.41, 5.74) is 1.34.